The lowest BCUT2D eigenvalue weighted by atomic mass is 10.1. The third-order valence-corrected chi connectivity index (χ3v) is 7.17. The Morgan fingerprint density at radius 1 is 1.11 bits per heavy atom. The van der Waals surface area contributed by atoms with Gasteiger partial charge in [0.05, 0.1) is 30.8 Å². The summed E-state index contributed by atoms with van der Waals surface area (Å²) in [5, 5.41) is 9.58. The van der Waals surface area contributed by atoms with E-state index >= 15 is 0 Å². The number of amides is 1. The van der Waals surface area contributed by atoms with Crippen LogP contribution in [0.3, 0.4) is 0 Å². The molecule has 9 heteroatoms. The van der Waals surface area contributed by atoms with Crippen LogP contribution in [0.25, 0.3) is 21.9 Å². The zero-order valence-corrected chi connectivity index (χ0v) is 21.9. The molecule has 1 N–H and O–H groups in total. The van der Waals surface area contributed by atoms with Gasteiger partial charge in [-0.05, 0) is 44.5 Å². The van der Waals surface area contributed by atoms with Gasteiger partial charge in [-0.2, -0.15) is 5.10 Å². The van der Waals surface area contributed by atoms with Crippen LogP contribution in [0, 0.1) is 13.8 Å². The standard InChI is InChI=1S/C28H27N5O3S/c1-17-14-22(31-33(17)23-12-8-9-13-24(23)36-4)26-19(3)30-28-32(27(26)35)21(16-37-28)15-25(34)29-18(2)20-10-6-5-7-11-20/h5-14,16,18H,15H2,1-4H3,(H,29,34). The van der Waals surface area contributed by atoms with Crippen molar-refractivity contribution in [2.24, 2.45) is 0 Å². The maximum atomic E-state index is 13.8. The molecule has 0 fully saturated rings. The maximum Gasteiger partial charge on any atom is 0.268 e. The number of fused-ring (bicyclic) bond motifs is 1. The molecule has 0 aliphatic rings. The minimum atomic E-state index is -0.243. The molecule has 8 nitrogen and oxygen atoms in total. The van der Waals surface area contributed by atoms with Crippen molar-refractivity contribution in [1.29, 1.82) is 0 Å². The second-order valence-electron chi connectivity index (χ2n) is 8.85. The topological polar surface area (TPSA) is 90.5 Å². The number of ether oxygens (including phenoxy) is 1. The third kappa shape index (κ3) is 4.65. The highest BCUT2D eigenvalue weighted by atomic mass is 32.1. The Hall–Kier alpha value is -4.24. The van der Waals surface area contributed by atoms with Gasteiger partial charge in [-0.25, -0.2) is 9.67 Å². The number of aryl methyl sites for hydroxylation is 2. The average Bonchev–Trinajstić information content (AvgIpc) is 3.47. The van der Waals surface area contributed by atoms with Gasteiger partial charge >= 0.3 is 0 Å². The molecule has 5 aromatic rings. The van der Waals surface area contributed by atoms with Gasteiger partial charge in [0.25, 0.3) is 5.56 Å². The monoisotopic (exact) mass is 513 g/mol. The zero-order valence-electron chi connectivity index (χ0n) is 21.1. The van der Waals surface area contributed by atoms with Crippen LogP contribution in [0.4, 0.5) is 0 Å². The molecular weight excluding hydrogens is 486 g/mol. The van der Waals surface area contributed by atoms with E-state index in [0.717, 1.165) is 16.9 Å². The lowest BCUT2D eigenvalue weighted by Crippen LogP contribution is -2.29. The molecule has 188 valence electrons. The summed E-state index contributed by atoms with van der Waals surface area (Å²) in [5.41, 5.74) is 4.52. The Balaban J connectivity index is 1.50. The molecule has 0 aliphatic heterocycles. The fourth-order valence-electron chi connectivity index (χ4n) is 4.45. The van der Waals surface area contributed by atoms with Crippen molar-refractivity contribution in [3.05, 3.63) is 99.0 Å². The molecule has 0 radical (unpaired) electrons. The molecule has 0 saturated carbocycles. The second kappa shape index (κ2) is 10.0. The number of methoxy groups -OCH3 is 1. The van der Waals surface area contributed by atoms with E-state index in [2.05, 4.69) is 10.3 Å². The van der Waals surface area contributed by atoms with Crippen LogP contribution in [0.2, 0.25) is 0 Å². The van der Waals surface area contributed by atoms with Crippen LogP contribution in [0.5, 0.6) is 5.75 Å². The smallest absolute Gasteiger partial charge is 0.268 e. The van der Waals surface area contributed by atoms with Crippen LogP contribution >= 0.6 is 11.3 Å². The van der Waals surface area contributed by atoms with Crippen LogP contribution in [-0.4, -0.2) is 32.2 Å². The number of carbonyl (C=O) groups excluding carboxylic acids is 1. The van der Waals surface area contributed by atoms with E-state index in [9.17, 15) is 9.59 Å². The number of rotatable bonds is 7. The van der Waals surface area contributed by atoms with Gasteiger partial charge in [0.15, 0.2) is 4.96 Å². The molecule has 5 rings (SSSR count). The third-order valence-electron chi connectivity index (χ3n) is 6.30. The lowest BCUT2D eigenvalue weighted by molar-refractivity contribution is -0.121. The summed E-state index contributed by atoms with van der Waals surface area (Å²) >= 11 is 1.34. The molecule has 1 atom stereocenters. The van der Waals surface area contributed by atoms with E-state index in [1.54, 1.807) is 11.8 Å². The van der Waals surface area contributed by atoms with E-state index in [4.69, 9.17) is 9.84 Å². The summed E-state index contributed by atoms with van der Waals surface area (Å²) < 4.78 is 8.78. The largest absolute Gasteiger partial charge is 0.494 e. The van der Waals surface area contributed by atoms with E-state index in [-0.39, 0.29) is 23.9 Å². The summed E-state index contributed by atoms with van der Waals surface area (Å²) in [4.78, 5) is 31.8. The first kappa shape index (κ1) is 24.5. The van der Waals surface area contributed by atoms with Gasteiger partial charge in [0.1, 0.15) is 17.1 Å². The van der Waals surface area contributed by atoms with Gasteiger partial charge in [-0.15, -0.1) is 11.3 Å². The van der Waals surface area contributed by atoms with Crippen LogP contribution < -0.4 is 15.6 Å². The minimum absolute atomic E-state index is 0.0654. The molecular formula is C28H27N5O3S. The predicted octanol–water partition coefficient (Wildman–Crippen LogP) is 4.65. The Bertz CT molecular complexity index is 1650. The van der Waals surface area contributed by atoms with Gasteiger partial charge in [0.2, 0.25) is 5.91 Å². The molecule has 1 amide bonds. The van der Waals surface area contributed by atoms with Crippen LogP contribution in [0.15, 0.2) is 70.8 Å². The molecule has 1 unspecified atom stereocenters. The Morgan fingerprint density at radius 3 is 2.59 bits per heavy atom. The van der Waals surface area contributed by atoms with Crippen molar-refractivity contribution in [3.63, 3.8) is 0 Å². The maximum absolute atomic E-state index is 13.8. The molecule has 3 heterocycles. The number of benzene rings is 2. The molecule has 2 aromatic carbocycles. The first-order valence-electron chi connectivity index (χ1n) is 11.9. The first-order valence-corrected chi connectivity index (χ1v) is 12.8. The summed E-state index contributed by atoms with van der Waals surface area (Å²) in [6.07, 6.45) is 0.0654. The van der Waals surface area contributed by atoms with Gasteiger partial charge in [-0.3, -0.25) is 14.0 Å². The van der Waals surface area contributed by atoms with Crippen molar-refractivity contribution in [2.45, 2.75) is 33.2 Å². The van der Waals surface area contributed by atoms with Crippen LogP contribution in [-0.2, 0) is 11.2 Å². The number of nitrogens with zero attached hydrogens (tertiary/aromatic N) is 4. The zero-order chi connectivity index (χ0) is 26.1. The summed E-state index contributed by atoms with van der Waals surface area (Å²) in [6, 6.07) is 19.1. The fourth-order valence-corrected chi connectivity index (χ4v) is 5.38. The van der Waals surface area contributed by atoms with Crippen molar-refractivity contribution in [2.75, 3.05) is 7.11 Å². The van der Waals surface area contributed by atoms with Crippen molar-refractivity contribution in [3.8, 4) is 22.7 Å². The number of para-hydroxylation sites is 2. The average molecular weight is 514 g/mol. The molecule has 37 heavy (non-hydrogen) atoms. The highest BCUT2D eigenvalue weighted by Crippen LogP contribution is 2.27. The summed E-state index contributed by atoms with van der Waals surface area (Å²) in [5.74, 6) is 0.513. The quantitative estimate of drug-likeness (QED) is 0.342. The number of nitrogens with one attached hydrogen (secondary N) is 1. The molecule has 0 spiro atoms. The van der Waals surface area contributed by atoms with Crippen molar-refractivity contribution < 1.29 is 9.53 Å². The van der Waals surface area contributed by atoms with E-state index in [0.29, 0.717) is 33.4 Å². The Kier molecular flexibility index (Phi) is 6.62. The van der Waals surface area contributed by atoms with Crippen molar-refractivity contribution >= 4 is 22.2 Å². The van der Waals surface area contributed by atoms with Crippen LogP contribution in [0.1, 0.15) is 35.6 Å². The predicted molar refractivity (Wildman–Crippen MR) is 145 cm³/mol. The number of hydrogen-bond donors (Lipinski definition) is 1. The SMILES string of the molecule is COc1ccccc1-n1nc(-c2c(C)nc3scc(CC(=O)NC(C)c4ccccc4)n3c2=O)cc1C. The van der Waals surface area contributed by atoms with E-state index < -0.39 is 0 Å². The summed E-state index contributed by atoms with van der Waals surface area (Å²) in [6.45, 7) is 5.67. The number of aromatic nitrogens is 4. The van der Waals surface area contributed by atoms with E-state index in [1.165, 1.54) is 15.7 Å². The fraction of sp³-hybridized carbons (Fsp3) is 0.214. The highest BCUT2D eigenvalue weighted by molar-refractivity contribution is 7.15. The van der Waals surface area contributed by atoms with Gasteiger partial charge < -0.3 is 10.1 Å². The first-order chi connectivity index (χ1) is 17.9. The van der Waals surface area contributed by atoms with Crippen molar-refractivity contribution in [1.82, 2.24) is 24.5 Å². The Morgan fingerprint density at radius 2 is 1.84 bits per heavy atom. The number of carbonyl (C=O) groups is 1. The molecule has 0 aliphatic carbocycles. The number of thiazole rings is 1. The Labute approximate surface area is 218 Å². The van der Waals surface area contributed by atoms with Gasteiger partial charge in [-0.1, -0.05) is 42.5 Å². The highest BCUT2D eigenvalue weighted by Gasteiger charge is 2.21. The molecule has 0 bridgehead atoms. The lowest BCUT2D eigenvalue weighted by Gasteiger charge is -2.14. The molecule has 3 aromatic heterocycles. The molecule has 0 saturated heterocycles. The van der Waals surface area contributed by atoms with Gasteiger partial charge in [0, 0.05) is 16.8 Å². The van der Waals surface area contributed by atoms with E-state index in [1.807, 2.05) is 86.8 Å². The minimum Gasteiger partial charge on any atom is -0.494 e. The normalized spacial score (nSPS) is 12.0. The number of hydrogen-bond acceptors (Lipinski definition) is 6. The summed E-state index contributed by atoms with van der Waals surface area (Å²) in [7, 11) is 1.61. The second-order valence-corrected chi connectivity index (χ2v) is 9.69.